The average Bonchev–Trinajstić information content (AvgIpc) is 2.82. The number of nitrogens with zero attached hydrogens (tertiary/aromatic N) is 1. The molecule has 4 heteroatoms. The maximum atomic E-state index is 9.41. The maximum Gasteiger partial charge on any atom is 0.101 e. The number of benzene rings is 1. The summed E-state index contributed by atoms with van der Waals surface area (Å²) in [5, 5.41) is 19.1. The number of nitriles is 1. The molecule has 0 radical (unpaired) electrons. The summed E-state index contributed by atoms with van der Waals surface area (Å²) in [5.74, 6) is -0.166. The molecule has 2 nitrogen and oxygen atoms in total. The van der Waals surface area contributed by atoms with E-state index in [4.69, 9.17) is 17.0 Å². The molecule has 0 bridgehead atoms. The largest absolute Gasteiger partial charge is 0.297 e. The van der Waals surface area contributed by atoms with Crippen molar-refractivity contribution >= 4 is 34.5 Å². The lowest BCUT2D eigenvalue weighted by Gasteiger charge is -2.38. The molecule has 0 saturated carbocycles. The van der Waals surface area contributed by atoms with Crippen molar-refractivity contribution in [3.8, 4) is 6.07 Å². The second-order valence-electron chi connectivity index (χ2n) is 6.85. The third-order valence-corrected chi connectivity index (χ3v) is 6.69. The Bertz CT molecular complexity index is 742. The third kappa shape index (κ3) is 3.11. The van der Waals surface area contributed by atoms with E-state index >= 15 is 0 Å². The van der Waals surface area contributed by atoms with Crippen LogP contribution in [-0.2, 0) is 0 Å². The fourth-order valence-corrected chi connectivity index (χ4v) is 5.13. The summed E-state index contributed by atoms with van der Waals surface area (Å²) in [4.78, 5) is 0. The second-order valence-corrected chi connectivity index (χ2v) is 8.44. The number of hydrogen-bond acceptors (Lipinski definition) is 3. The van der Waals surface area contributed by atoms with Gasteiger partial charge in [0.1, 0.15) is 5.92 Å². The van der Waals surface area contributed by atoms with E-state index in [9.17, 15) is 5.26 Å². The standard InChI is InChI=1S/C19H19ClN2S/c1-19(2)10-12(7-8-13-5-3-4-6-16(13)20)9-14-15(11-21)18(22)23-17(14)19/h3-9,14-15,17,22H,10H2,1-2H3/b8-7+,22-18?/t14-,15?,17+/m0/s1. The molecule has 1 N–H and O–H groups in total. The van der Waals surface area contributed by atoms with Gasteiger partial charge in [-0.2, -0.15) is 5.26 Å². The quantitative estimate of drug-likeness (QED) is 0.765. The molecule has 2 aliphatic rings. The van der Waals surface area contributed by atoms with Gasteiger partial charge >= 0.3 is 0 Å². The highest BCUT2D eigenvalue weighted by molar-refractivity contribution is 8.14. The van der Waals surface area contributed by atoms with Crippen LogP contribution in [0.15, 0.2) is 42.0 Å². The maximum absolute atomic E-state index is 9.41. The molecular weight excluding hydrogens is 324 g/mol. The summed E-state index contributed by atoms with van der Waals surface area (Å²) in [7, 11) is 0. The lowest BCUT2D eigenvalue weighted by atomic mass is 9.69. The first-order valence-corrected chi connectivity index (χ1v) is 8.96. The summed E-state index contributed by atoms with van der Waals surface area (Å²) in [6.45, 7) is 4.47. The Hall–Kier alpha value is -1.50. The Morgan fingerprint density at radius 2 is 2.09 bits per heavy atom. The van der Waals surface area contributed by atoms with Crippen LogP contribution >= 0.6 is 23.4 Å². The number of fused-ring (bicyclic) bond motifs is 1. The minimum Gasteiger partial charge on any atom is -0.297 e. The Balaban J connectivity index is 1.92. The Kier molecular flexibility index (Phi) is 4.40. The molecule has 0 spiro atoms. The van der Waals surface area contributed by atoms with Crippen LogP contribution in [0.3, 0.4) is 0 Å². The zero-order chi connectivity index (χ0) is 16.6. The van der Waals surface area contributed by atoms with E-state index in [1.807, 2.05) is 30.3 Å². The van der Waals surface area contributed by atoms with Gasteiger partial charge in [0.15, 0.2) is 0 Å². The number of rotatable bonds is 2. The minimum absolute atomic E-state index is 0.0716. The van der Waals surface area contributed by atoms with Crippen LogP contribution in [0.4, 0.5) is 0 Å². The molecule has 1 aromatic carbocycles. The molecule has 1 aliphatic carbocycles. The van der Waals surface area contributed by atoms with E-state index in [1.165, 1.54) is 5.57 Å². The first kappa shape index (κ1) is 16.4. The molecule has 118 valence electrons. The predicted octanol–water partition coefficient (Wildman–Crippen LogP) is 5.56. The molecule has 1 fully saturated rings. The van der Waals surface area contributed by atoms with Crippen molar-refractivity contribution in [1.29, 1.82) is 10.7 Å². The van der Waals surface area contributed by atoms with Gasteiger partial charge in [-0.1, -0.05) is 67.4 Å². The number of hydrogen-bond donors (Lipinski definition) is 1. The van der Waals surface area contributed by atoms with Crippen LogP contribution < -0.4 is 0 Å². The second kappa shape index (κ2) is 6.19. The molecule has 1 unspecified atom stereocenters. The smallest absolute Gasteiger partial charge is 0.101 e. The van der Waals surface area contributed by atoms with Crippen LogP contribution in [0, 0.1) is 34.0 Å². The summed E-state index contributed by atoms with van der Waals surface area (Å²) in [6, 6.07) is 10.1. The molecule has 1 heterocycles. The van der Waals surface area contributed by atoms with Gasteiger partial charge in [-0.3, -0.25) is 5.41 Å². The summed E-state index contributed by atoms with van der Waals surface area (Å²) >= 11 is 7.79. The van der Waals surface area contributed by atoms with Gasteiger partial charge < -0.3 is 0 Å². The first-order chi connectivity index (χ1) is 10.9. The van der Waals surface area contributed by atoms with Crippen molar-refractivity contribution in [1.82, 2.24) is 0 Å². The van der Waals surface area contributed by atoms with Gasteiger partial charge in [-0.25, -0.2) is 0 Å². The number of nitrogens with one attached hydrogen (secondary N) is 1. The van der Waals surface area contributed by atoms with Crippen molar-refractivity contribution in [3.05, 3.63) is 52.6 Å². The predicted molar refractivity (Wildman–Crippen MR) is 98.7 cm³/mol. The molecule has 0 amide bonds. The highest BCUT2D eigenvalue weighted by Gasteiger charge is 2.49. The third-order valence-electron chi connectivity index (χ3n) is 4.63. The fraction of sp³-hybridized carbons (Fsp3) is 0.368. The average molecular weight is 343 g/mol. The van der Waals surface area contributed by atoms with E-state index in [0.717, 1.165) is 17.0 Å². The highest BCUT2D eigenvalue weighted by atomic mass is 35.5. The van der Waals surface area contributed by atoms with Crippen LogP contribution in [0.1, 0.15) is 25.8 Å². The van der Waals surface area contributed by atoms with Crippen LogP contribution in [0.2, 0.25) is 5.02 Å². The van der Waals surface area contributed by atoms with Gasteiger partial charge in [0.25, 0.3) is 0 Å². The van der Waals surface area contributed by atoms with Crippen molar-refractivity contribution in [2.45, 2.75) is 25.5 Å². The van der Waals surface area contributed by atoms with Crippen molar-refractivity contribution in [2.24, 2.45) is 17.3 Å². The van der Waals surface area contributed by atoms with Gasteiger partial charge in [0, 0.05) is 16.2 Å². The van der Waals surface area contributed by atoms with E-state index < -0.39 is 0 Å². The van der Waals surface area contributed by atoms with E-state index in [2.05, 4.69) is 32.1 Å². The van der Waals surface area contributed by atoms with E-state index in [0.29, 0.717) is 10.3 Å². The van der Waals surface area contributed by atoms with Crippen LogP contribution in [-0.4, -0.2) is 10.3 Å². The molecule has 1 aromatic rings. The van der Waals surface area contributed by atoms with E-state index in [-0.39, 0.29) is 17.3 Å². The Morgan fingerprint density at radius 3 is 2.78 bits per heavy atom. The summed E-state index contributed by atoms with van der Waals surface area (Å²) < 4.78 is 0. The van der Waals surface area contributed by atoms with Crippen LogP contribution in [0.5, 0.6) is 0 Å². The molecular formula is C19H19ClN2S. The fourth-order valence-electron chi connectivity index (χ4n) is 3.50. The minimum atomic E-state index is -0.298. The molecule has 0 aromatic heterocycles. The molecule has 3 rings (SSSR count). The highest BCUT2D eigenvalue weighted by Crippen LogP contribution is 2.53. The number of halogens is 1. The summed E-state index contributed by atoms with van der Waals surface area (Å²) in [5.41, 5.74) is 2.30. The number of allylic oxidation sites excluding steroid dienone is 3. The molecule has 3 atom stereocenters. The monoisotopic (exact) mass is 342 g/mol. The first-order valence-electron chi connectivity index (χ1n) is 7.70. The van der Waals surface area contributed by atoms with Gasteiger partial charge in [0.05, 0.1) is 11.1 Å². The lowest BCUT2D eigenvalue weighted by Crippen LogP contribution is -2.35. The SMILES string of the molecule is CC1(C)CC(/C=C/c2ccccc2Cl)=C[C@H]2C(C#N)C(=N)S[C@H]21. The molecule has 23 heavy (non-hydrogen) atoms. The summed E-state index contributed by atoms with van der Waals surface area (Å²) in [6.07, 6.45) is 7.30. The topological polar surface area (TPSA) is 47.6 Å². The number of thioether (sulfide) groups is 1. The van der Waals surface area contributed by atoms with Gasteiger partial charge in [-0.15, -0.1) is 11.8 Å². The van der Waals surface area contributed by atoms with Crippen molar-refractivity contribution in [3.63, 3.8) is 0 Å². The van der Waals surface area contributed by atoms with Gasteiger partial charge in [-0.05, 0) is 23.5 Å². The van der Waals surface area contributed by atoms with Gasteiger partial charge in [0.2, 0.25) is 0 Å². The van der Waals surface area contributed by atoms with E-state index in [1.54, 1.807) is 11.8 Å². The lowest BCUT2D eigenvalue weighted by molar-refractivity contribution is 0.284. The zero-order valence-corrected chi connectivity index (χ0v) is 14.8. The normalized spacial score (nSPS) is 29.2. The zero-order valence-electron chi connectivity index (χ0n) is 13.2. The molecule has 1 saturated heterocycles. The Morgan fingerprint density at radius 1 is 1.35 bits per heavy atom. The molecule has 1 aliphatic heterocycles. The van der Waals surface area contributed by atoms with Crippen molar-refractivity contribution in [2.75, 3.05) is 0 Å². The van der Waals surface area contributed by atoms with Crippen molar-refractivity contribution < 1.29 is 0 Å². The van der Waals surface area contributed by atoms with Crippen LogP contribution in [0.25, 0.3) is 6.08 Å². The Labute approximate surface area is 146 Å².